The van der Waals surface area contributed by atoms with E-state index in [9.17, 15) is 4.79 Å². The zero-order chi connectivity index (χ0) is 19.2. The summed E-state index contributed by atoms with van der Waals surface area (Å²) in [7, 11) is 4.24. The summed E-state index contributed by atoms with van der Waals surface area (Å²) < 4.78 is 2.16. The maximum atomic E-state index is 12.7. The molecule has 27 heavy (non-hydrogen) atoms. The van der Waals surface area contributed by atoms with Gasteiger partial charge in [-0.05, 0) is 43.3 Å². The highest BCUT2D eigenvalue weighted by molar-refractivity contribution is 5.94. The van der Waals surface area contributed by atoms with E-state index in [1.807, 2.05) is 12.1 Å². The Labute approximate surface area is 163 Å². The third-order valence-corrected chi connectivity index (χ3v) is 5.51. The molecule has 0 spiro atoms. The molecule has 1 saturated heterocycles. The van der Waals surface area contributed by atoms with Gasteiger partial charge in [0, 0.05) is 57.2 Å². The Bertz CT molecular complexity index is 729. The topological polar surface area (TPSA) is 40.5 Å². The van der Waals surface area contributed by atoms with Gasteiger partial charge in [-0.25, -0.2) is 0 Å². The first-order chi connectivity index (χ1) is 13.1. The summed E-state index contributed by atoms with van der Waals surface area (Å²) in [6, 6.07) is 12.4. The lowest BCUT2D eigenvalue weighted by atomic mass is 10.1. The number of amides is 1. The van der Waals surface area contributed by atoms with Crippen molar-refractivity contribution in [1.29, 1.82) is 0 Å². The number of carbonyl (C=O) groups excluding carboxylic acids is 1. The number of aromatic nitrogens is 1. The molecule has 5 heteroatoms. The smallest absolute Gasteiger partial charge is 0.251 e. The highest BCUT2D eigenvalue weighted by atomic mass is 16.1. The molecule has 1 aliphatic rings. The second-order valence-electron chi connectivity index (χ2n) is 7.56. The standard InChI is InChI=1S/C22H32N4O/c1-4-6-18-8-10-19(11-9-18)22(27)23-17-21(20-7-5-12-25(20)3)26-15-13-24(2)14-16-26/h5,7-12,21H,4,6,13-17H2,1-3H3,(H,23,27). The third kappa shape index (κ3) is 4.99. The van der Waals surface area contributed by atoms with Gasteiger partial charge >= 0.3 is 0 Å². The molecule has 5 nitrogen and oxygen atoms in total. The van der Waals surface area contributed by atoms with Gasteiger partial charge in [-0.1, -0.05) is 25.5 Å². The highest BCUT2D eigenvalue weighted by Crippen LogP contribution is 2.22. The quantitative estimate of drug-likeness (QED) is 0.817. The maximum Gasteiger partial charge on any atom is 0.251 e. The summed E-state index contributed by atoms with van der Waals surface area (Å²) in [6.45, 7) is 6.96. The summed E-state index contributed by atoms with van der Waals surface area (Å²) in [5.41, 5.74) is 3.27. The van der Waals surface area contributed by atoms with Crippen LogP contribution in [-0.2, 0) is 13.5 Å². The molecule has 1 amide bonds. The molecule has 3 rings (SSSR count). The molecule has 1 unspecified atom stereocenters. The molecule has 146 valence electrons. The van der Waals surface area contributed by atoms with Gasteiger partial charge in [-0.2, -0.15) is 0 Å². The van der Waals surface area contributed by atoms with Gasteiger partial charge in [0.2, 0.25) is 0 Å². The van der Waals surface area contributed by atoms with Crippen molar-refractivity contribution in [2.75, 3.05) is 39.8 Å². The van der Waals surface area contributed by atoms with Crippen LogP contribution in [0.4, 0.5) is 0 Å². The van der Waals surface area contributed by atoms with Gasteiger partial charge in [-0.15, -0.1) is 0 Å². The molecule has 1 N–H and O–H groups in total. The summed E-state index contributed by atoms with van der Waals surface area (Å²) in [6.07, 6.45) is 4.25. The van der Waals surface area contributed by atoms with Crippen LogP contribution in [-0.4, -0.2) is 60.0 Å². The average molecular weight is 369 g/mol. The Kier molecular flexibility index (Phi) is 6.69. The zero-order valence-electron chi connectivity index (χ0n) is 16.8. The predicted molar refractivity (Wildman–Crippen MR) is 110 cm³/mol. The number of carbonyl (C=O) groups is 1. The number of hydrogen-bond donors (Lipinski definition) is 1. The van der Waals surface area contributed by atoms with Crippen molar-refractivity contribution in [3.05, 3.63) is 59.4 Å². The first kappa shape index (κ1) is 19.6. The van der Waals surface area contributed by atoms with E-state index < -0.39 is 0 Å². The third-order valence-electron chi connectivity index (χ3n) is 5.51. The SMILES string of the molecule is CCCc1ccc(C(=O)NCC(c2cccn2C)N2CCN(C)CC2)cc1. The molecule has 2 heterocycles. The van der Waals surface area contributed by atoms with E-state index >= 15 is 0 Å². The lowest BCUT2D eigenvalue weighted by Gasteiger charge is -2.38. The molecule has 1 aromatic heterocycles. The van der Waals surface area contributed by atoms with Gasteiger partial charge < -0.3 is 14.8 Å². The van der Waals surface area contributed by atoms with Gasteiger partial charge in [-0.3, -0.25) is 9.69 Å². The van der Waals surface area contributed by atoms with Crippen LogP contribution in [0.1, 0.15) is 41.0 Å². The average Bonchev–Trinajstić information content (AvgIpc) is 3.10. The van der Waals surface area contributed by atoms with E-state index in [1.54, 1.807) is 0 Å². The summed E-state index contributed by atoms with van der Waals surface area (Å²) in [5, 5.41) is 3.17. The first-order valence-corrected chi connectivity index (χ1v) is 9.99. The normalized spacial score (nSPS) is 17.0. The summed E-state index contributed by atoms with van der Waals surface area (Å²) >= 11 is 0. The molecule has 1 aromatic carbocycles. The number of nitrogens with one attached hydrogen (secondary N) is 1. The Morgan fingerprint density at radius 2 is 1.78 bits per heavy atom. The monoisotopic (exact) mass is 368 g/mol. The van der Waals surface area contributed by atoms with E-state index in [0.29, 0.717) is 6.54 Å². The number of piperazine rings is 1. The Balaban J connectivity index is 1.67. The van der Waals surface area contributed by atoms with Crippen molar-refractivity contribution < 1.29 is 4.79 Å². The second kappa shape index (κ2) is 9.20. The van der Waals surface area contributed by atoms with E-state index in [-0.39, 0.29) is 11.9 Å². The molecule has 1 fully saturated rings. The van der Waals surface area contributed by atoms with Gasteiger partial charge in [0.05, 0.1) is 6.04 Å². The largest absolute Gasteiger partial charge is 0.353 e. The lowest BCUT2D eigenvalue weighted by Crippen LogP contribution is -2.48. The Hall–Kier alpha value is -2.11. The van der Waals surface area contributed by atoms with Crippen molar-refractivity contribution in [2.45, 2.75) is 25.8 Å². The van der Waals surface area contributed by atoms with E-state index in [4.69, 9.17) is 0 Å². The van der Waals surface area contributed by atoms with Crippen molar-refractivity contribution in [3.8, 4) is 0 Å². The second-order valence-corrected chi connectivity index (χ2v) is 7.56. The highest BCUT2D eigenvalue weighted by Gasteiger charge is 2.26. The summed E-state index contributed by atoms with van der Waals surface area (Å²) in [5.74, 6) is 0.00591. The van der Waals surface area contributed by atoms with Crippen LogP contribution >= 0.6 is 0 Å². The van der Waals surface area contributed by atoms with E-state index in [0.717, 1.165) is 44.6 Å². The minimum absolute atomic E-state index is 0.00591. The fourth-order valence-corrected chi connectivity index (χ4v) is 3.78. The molecule has 0 radical (unpaired) electrons. The number of likely N-dealkylation sites (N-methyl/N-ethyl adjacent to an activating group) is 1. The van der Waals surface area contributed by atoms with Gasteiger partial charge in [0.25, 0.3) is 5.91 Å². The van der Waals surface area contributed by atoms with Gasteiger partial charge in [0.15, 0.2) is 0 Å². The fourth-order valence-electron chi connectivity index (χ4n) is 3.78. The molecule has 2 aromatic rings. The van der Waals surface area contributed by atoms with Crippen molar-refractivity contribution >= 4 is 5.91 Å². The van der Waals surface area contributed by atoms with Crippen LogP contribution in [0, 0.1) is 0 Å². The van der Waals surface area contributed by atoms with Gasteiger partial charge in [0.1, 0.15) is 0 Å². The van der Waals surface area contributed by atoms with Crippen molar-refractivity contribution in [1.82, 2.24) is 19.7 Å². The maximum absolute atomic E-state index is 12.7. The van der Waals surface area contributed by atoms with E-state index in [1.165, 1.54) is 11.3 Å². The number of benzene rings is 1. The minimum atomic E-state index is 0.00591. The Morgan fingerprint density at radius 3 is 2.37 bits per heavy atom. The summed E-state index contributed by atoms with van der Waals surface area (Å²) in [4.78, 5) is 17.5. The molecule has 0 aliphatic carbocycles. The Morgan fingerprint density at radius 1 is 1.07 bits per heavy atom. The van der Waals surface area contributed by atoms with E-state index in [2.05, 4.69) is 71.2 Å². The first-order valence-electron chi connectivity index (χ1n) is 9.99. The van der Waals surface area contributed by atoms with Crippen LogP contribution in [0.2, 0.25) is 0 Å². The predicted octanol–water partition coefficient (Wildman–Crippen LogP) is 2.70. The van der Waals surface area contributed by atoms with Crippen molar-refractivity contribution in [2.24, 2.45) is 7.05 Å². The number of aryl methyl sites for hydroxylation is 2. The molecule has 0 saturated carbocycles. The van der Waals surface area contributed by atoms with Crippen LogP contribution in [0.3, 0.4) is 0 Å². The molecule has 0 bridgehead atoms. The molecular weight excluding hydrogens is 336 g/mol. The number of rotatable bonds is 7. The minimum Gasteiger partial charge on any atom is -0.353 e. The number of nitrogens with zero attached hydrogens (tertiary/aromatic N) is 3. The van der Waals surface area contributed by atoms with Crippen molar-refractivity contribution in [3.63, 3.8) is 0 Å². The zero-order valence-corrected chi connectivity index (χ0v) is 16.8. The molecular formula is C22H32N4O. The van der Waals surface area contributed by atoms with Crippen LogP contribution in [0.5, 0.6) is 0 Å². The van der Waals surface area contributed by atoms with Crippen LogP contribution in [0.25, 0.3) is 0 Å². The van der Waals surface area contributed by atoms with Crippen LogP contribution < -0.4 is 5.32 Å². The number of hydrogen-bond acceptors (Lipinski definition) is 3. The van der Waals surface area contributed by atoms with Crippen LogP contribution in [0.15, 0.2) is 42.6 Å². The molecule has 1 atom stereocenters. The fraction of sp³-hybridized carbons (Fsp3) is 0.500. The molecule has 1 aliphatic heterocycles. The lowest BCUT2D eigenvalue weighted by molar-refractivity contribution is 0.0877.